The van der Waals surface area contributed by atoms with Gasteiger partial charge in [0, 0.05) is 5.39 Å². The molecule has 0 radical (unpaired) electrons. The van der Waals surface area contributed by atoms with Gasteiger partial charge in [-0.25, -0.2) is 0 Å². The highest BCUT2D eigenvalue weighted by molar-refractivity contribution is 7.86. The molecule has 3 N–H and O–H groups in total. The van der Waals surface area contributed by atoms with Crippen molar-refractivity contribution in [2.45, 2.75) is 11.8 Å². The highest BCUT2D eigenvalue weighted by Crippen LogP contribution is 2.41. The number of anilines is 1. The molecule has 0 saturated carbocycles. The monoisotopic (exact) mass is 559 g/mol. The number of fused-ring (bicyclic) bond motifs is 1. The Hall–Kier alpha value is -3.70. The maximum Gasteiger partial charge on any atom is 0.296 e. The van der Waals surface area contributed by atoms with Crippen molar-refractivity contribution >= 4 is 67.1 Å². The zero-order valence-corrected chi connectivity index (χ0v) is 21.7. The van der Waals surface area contributed by atoms with Crippen LogP contribution >= 0.6 is 23.2 Å². The Labute approximate surface area is 222 Å². The number of ether oxygens (including phenoxy) is 1. The number of nitrogens with one attached hydrogen (secondary N) is 1. The average molecular weight is 560 g/mol. The number of azo groups is 1. The number of carbonyl (C=O) groups excluding carboxylic acids is 1. The molecular formula is C25H19Cl2N3O6S. The standard InChI is InChI=1S/C25H19Cl2N3O6S/c1-13-10-17(26)21(37(33,34)35)12-19(13)29-30-23-15-7-4-3-6-14(15)11-16(24(23)31)25(32)28-18-8-5-9-20(36-2)22(18)27/h3-12,31H,1-2H3,(H,28,32)(H,33,34,35). The first-order chi connectivity index (χ1) is 17.5. The molecule has 0 bridgehead atoms. The lowest BCUT2D eigenvalue weighted by atomic mass is 10.0. The van der Waals surface area contributed by atoms with Crippen LogP contribution in [0.5, 0.6) is 11.5 Å². The number of aryl methyl sites for hydroxylation is 1. The number of hydrogen-bond acceptors (Lipinski definition) is 7. The lowest BCUT2D eigenvalue weighted by Crippen LogP contribution is -2.12. The van der Waals surface area contributed by atoms with E-state index < -0.39 is 26.7 Å². The average Bonchev–Trinajstić information content (AvgIpc) is 2.84. The van der Waals surface area contributed by atoms with Crippen molar-refractivity contribution in [2.75, 3.05) is 12.4 Å². The van der Waals surface area contributed by atoms with E-state index in [1.54, 1.807) is 49.4 Å². The summed E-state index contributed by atoms with van der Waals surface area (Å²) < 4.78 is 37.9. The highest BCUT2D eigenvalue weighted by Gasteiger charge is 2.21. The van der Waals surface area contributed by atoms with E-state index >= 15 is 0 Å². The molecule has 4 rings (SSSR count). The van der Waals surface area contributed by atoms with E-state index in [0.717, 1.165) is 6.07 Å². The van der Waals surface area contributed by atoms with Gasteiger partial charge < -0.3 is 15.2 Å². The number of rotatable bonds is 6. The first kappa shape index (κ1) is 26.4. The second-order valence-electron chi connectivity index (χ2n) is 7.86. The molecule has 0 unspecified atom stereocenters. The summed E-state index contributed by atoms with van der Waals surface area (Å²) in [5.41, 5.74) is 0.696. The van der Waals surface area contributed by atoms with Gasteiger partial charge in [0.15, 0.2) is 5.75 Å². The smallest absolute Gasteiger partial charge is 0.296 e. The number of phenols is 1. The number of nitrogens with zero attached hydrogens (tertiary/aromatic N) is 2. The van der Waals surface area contributed by atoms with Crippen molar-refractivity contribution in [3.63, 3.8) is 0 Å². The molecule has 0 heterocycles. The molecule has 190 valence electrons. The third kappa shape index (κ3) is 5.37. The molecule has 0 aliphatic rings. The van der Waals surface area contributed by atoms with Gasteiger partial charge in [-0.05, 0) is 48.2 Å². The zero-order valence-electron chi connectivity index (χ0n) is 19.4. The Kier molecular flexibility index (Phi) is 7.37. The molecule has 1 amide bonds. The van der Waals surface area contributed by atoms with E-state index in [2.05, 4.69) is 15.5 Å². The molecule has 0 atom stereocenters. The fourth-order valence-electron chi connectivity index (χ4n) is 3.60. The molecule has 12 heteroatoms. The summed E-state index contributed by atoms with van der Waals surface area (Å²) in [5.74, 6) is -0.758. The lowest BCUT2D eigenvalue weighted by molar-refractivity contribution is 0.102. The maximum absolute atomic E-state index is 13.2. The van der Waals surface area contributed by atoms with Crippen molar-refractivity contribution in [3.05, 3.63) is 81.8 Å². The molecule has 0 aliphatic heterocycles. The van der Waals surface area contributed by atoms with Gasteiger partial charge in [-0.15, -0.1) is 5.11 Å². The predicted molar refractivity (Wildman–Crippen MR) is 142 cm³/mol. The summed E-state index contributed by atoms with van der Waals surface area (Å²) in [4.78, 5) is 12.6. The predicted octanol–water partition coefficient (Wildman–Crippen LogP) is 7.08. The number of methoxy groups -OCH3 is 1. The van der Waals surface area contributed by atoms with E-state index in [4.69, 9.17) is 27.9 Å². The summed E-state index contributed by atoms with van der Waals surface area (Å²) in [6.45, 7) is 1.62. The number of carbonyl (C=O) groups is 1. The minimum absolute atomic E-state index is 0.0252. The van der Waals surface area contributed by atoms with Crippen LogP contribution in [-0.4, -0.2) is 31.1 Å². The molecule has 0 aromatic heterocycles. The SMILES string of the molecule is COc1cccc(NC(=O)c2cc3ccccc3c(N=Nc3cc(S(=O)(=O)O)c(Cl)cc3C)c2O)c1Cl. The van der Waals surface area contributed by atoms with E-state index in [-0.39, 0.29) is 32.7 Å². The Morgan fingerprint density at radius 1 is 1.03 bits per heavy atom. The Morgan fingerprint density at radius 2 is 1.76 bits per heavy atom. The first-order valence-electron chi connectivity index (χ1n) is 10.6. The van der Waals surface area contributed by atoms with Gasteiger partial charge in [-0.1, -0.05) is 53.5 Å². The van der Waals surface area contributed by atoms with E-state index in [9.17, 15) is 22.9 Å². The number of hydrogen-bond donors (Lipinski definition) is 3. The molecule has 0 saturated heterocycles. The second-order valence-corrected chi connectivity index (χ2v) is 10.0. The van der Waals surface area contributed by atoms with Crippen molar-refractivity contribution in [1.29, 1.82) is 0 Å². The van der Waals surface area contributed by atoms with E-state index in [1.165, 1.54) is 19.2 Å². The number of halogens is 2. The van der Waals surface area contributed by atoms with Gasteiger partial charge in [-0.3, -0.25) is 9.35 Å². The fraction of sp³-hybridized carbons (Fsp3) is 0.0800. The van der Waals surface area contributed by atoms with Crippen LogP contribution in [0.2, 0.25) is 10.0 Å². The summed E-state index contributed by atoms with van der Waals surface area (Å²) in [6, 6.07) is 15.6. The third-order valence-electron chi connectivity index (χ3n) is 5.46. The summed E-state index contributed by atoms with van der Waals surface area (Å²) in [5, 5.41) is 23.0. The Morgan fingerprint density at radius 3 is 2.46 bits per heavy atom. The van der Waals surface area contributed by atoms with Crippen LogP contribution in [0, 0.1) is 6.92 Å². The largest absolute Gasteiger partial charge is 0.505 e. The number of phenolic OH excluding ortho intramolecular Hbond substituents is 1. The van der Waals surface area contributed by atoms with Crippen LogP contribution in [0.1, 0.15) is 15.9 Å². The van der Waals surface area contributed by atoms with Crippen LogP contribution in [0.25, 0.3) is 10.8 Å². The fourth-order valence-corrected chi connectivity index (χ4v) is 4.92. The van der Waals surface area contributed by atoms with Gasteiger partial charge in [0.05, 0.1) is 29.1 Å². The van der Waals surface area contributed by atoms with Gasteiger partial charge in [0.25, 0.3) is 16.0 Å². The normalized spacial score (nSPS) is 11.7. The zero-order chi connectivity index (χ0) is 26.9. The van der Waals surface area contributed by atoms with Crippen molar-refractivity contribution in [2.24, 2.45) is 10.2 Å². The second kappa shape index (κ2) is 10.3. The van der Waals surface area contributed by atoms with Crippen molar-refractivity contribution in [1.82, 2.24) is 0 Å². The first-order valence-corrected chi connectivity index (χ1v) is 12.8. The summed E-state index contributed by atoms with van der Waals surface area (Å²) >= 11 is 12.2. The molecule has 0 spiro atoms. The number of amides is 1. The van der Waals surface area contributed by atoms with Crippen LogP contribution in [0.15, 0.2) is 75.8 Å². The van der Waals surface area contributed by atoms with Crippen LogP contribution < -0.4 is 10.1 Å². The van der Waals surface area contributed by atoms with Crippen LogP contribution in [0.4, 0.5) is 17.1 Å². The van der Waals surface area contributed by atoms with E-state index in [0.29, 0.717) is 22.1 Å². The molecule has 37 heavy (non-hydrogen) atoms. The lowest BCUT2D eigenvalue weighted by Gasteiger charge is -2.13. The molecule has 4 aromatic rings. The van der Waals surface area contributed by atoms with Gasteiger partial charge in [-0.2, -0.15) is 13.5 Å². The van der Waals surface area contributed by atoms with Crippen molar-refractivity contribution < 1.29 is 27.6 Å². The topological polar surface area (TPSA) is 138 Å². The van der Waals surface area contributed by atoms with Gasteiger partial charge in [0.2, 0.25) is 0 Å². The van der Waals surface area contributed by atoms with Crippen LogP contribution in [-0.2, 0) is 10.1 Å². The minimum atomic E-state index is -4.61. The number of aromatic hydroxyl groups is 1. The van der Waals surface area contributed by atoms with E-state index in [1.807, 2.05) is 0 Å². The van der Waals surface area contributed by atoms with Crippen LogP contribution in [0.3, 0.4) is 0 Å². The van der Waals surface area contributed by atoms with Gasteiger partial charge >= 0.3 is 0 Å². The highest BCUT2D eigenvalue weighted by atomic mass is 35.5. The summed E-state index contributed by atoms with van der Waals surface area (Å²) in [6.07, 6.45) is 0. The summed E-state index contributed by atoms with van der Waals surface area (Å²) in [7, 11) is -3.17. The van der Waals surface area contributed by atoms with Crippen molar-refractivity contribution in [3.8, 4) is 11.5 Å². The third-order valence-corrected chi connectivity index (χ3v) is 7.17. The number of benzene rings is 4. The molecule has 9 nitrogen and oxygen atoms in total. The Balaban J connectivity index is 1.81. The molecule has 0 aliphatic carbocycles. The quantitative estimate of drug-likeness (QED) is 0.170. The molecular weight excluding hydrogens is 541 g/mol. The van der Waals surface area contributed by atoms with Gasteiger partial charge in [0.1, 0.15) is 21.4 Å². The molecule has 4 aromatic carbocycles. The minimum Gasteiger partial charge on any atom is -0.505 e. The molecule has 0 fully saturated rings. The maximum atomic E-state index is 13.2. The Bertz CT molecular complexity index is 1690.